The lowest BCUT2D eigenvalue weighted by Gasteiger charge is -2.45. The number of rotatable bonds is 6. The lowest BCUT2D eigenvalue weighted by molar-refractivity contribution is -0.224. The van der Waals surface area contributed by atoms with Gasteiger partial charge in [0.05, 0.1) is 30.5 Å². The number of hydrogen-bond acceptors (Lipinski definition) is 6. The van der Waals surface area contributed by atoms with Crippen LogP contribution in [0.5, 0.6) is 0 Å². The van der Waals surface area contributed by atoms with E-state index in [-0.39, 0.29) is 30.5 Å². The van der Waals surface area contributed by atoms with E-state index in [0.29, 0.717) is 24.8 Å². The van der Waals surface area contributed by atoms with Gasteiger partial charge in [-0.3, -0.25) is 4.79 Å². The number of allylic oxidation sites excluding steroid dienone is 2. The maximum absolute atomic E-state index is 12.2. The summed E-state index contributed by atoms with van der Waals surface area (Å²) in [5, 5.41) is 30.0. The second-order valence-electron chi connectivity index (χ2n) is 9.84. The van der Waals surface area contributed by atoms with Crippen LogP contribution in [-0.4, -0.2) is 57.4 Å². The molecule has 1 aliphatic carbocycles. The van der Waals surface area contributed by atoms with Gasteiger partial charge in [0.1, 0.15) is 0 Å². The van der Waals surface area contributed by atoms with Gasteiger partial charge in [0.25, 0.3) is 0 Å². The van der Waals surface area contributed by atoms with Crippen molar-refractivity contribution in [2.75, 3.05) is 6.61 Å². The Bertz CT molecular complexity index is 827. The Kier molecular flexibility index (Phi) is 7.08. The molecule has 0 amide bonds. The van der Waals surface area contributed by atoms with Crippen LogP contribution in [0.1, 0.15) is 60.3 Å². The molecule has 2 heterocycles. The number of ketones is 1. The average Bonchev–Trinajstić information content (AvgIpc) is 2.65. The molecule has 0 saturated heterocycles. The highest BCUT2D eigenvalue weighted by Gasteiger charge is 2.45. The van der Waals surface area contributed by atoms with Crippen LogP contribution in [0.25, 0.3) is 0 Å². The van der Waals surface area contributed by atoms with Crippen molar-refractivity contribution in [1.29, 1.82) is 0 Å². The number of aliphatic hydroxyl groups excluding tert-OH is 2. The van der Waals surface area contributed by atoms with Gasteiger partial charge in [-0.1, -0.05) is 17.2 Å². The van der Waals surface area contributed by atoms with Crippen LogP contribution in [0.15, 0.2) is 46.6 Å². The molecule has 3 N–H and O–H groups in total. The van der Waals surface area contributed by atoms with Crippen LogP contribution in [0.4, 0.5) is 0 Å². The van der Waals surface area contributed by atoms with Gasteiger partial charge in [-0.05, 0) is 83.3 Å². The van der Waals surface area contributed by atoms with Crippen LogP contribution >= 0.6 is 0 Å². The molecule has 0 saturated carbocycles. The highest BCUT2D eigenvalue weighted by molar-refractivity contribution is 5.96. The van der Waals surface area contributed by atoms with Gasteiger partial charge in [-0.2, -0.15) is 0 Å². The highest BCUT2D eigenvalue weighted by atomic mass is 16.7. The van der Waals surface area contributed by atoms with E-state index in [1.165, 1.54) is 0 Å². The zero-order valence-electron chi connectivity index (χ0n) is 19.2. The van der Waals surface area contributed by atoms with E-state index < -0.39 is 17.5 Å². The Morgan fingerprint density at radius 1 is 1.29 bits per heavy atom. The number of carbonyl (C=O) groups is 1. The van der Waals surface area contributed by atoms with E-state index in [0.717, 1.165) is 23.1 Å². The number of Topliss-reactive ketones (excluding diaryl/α,β-unsaturated/α-hetero) is 1. The molecular formula is C25H36O6. The summed E-state index contributed by atoms with van der Waals surface area (Å²) in [7, 11) is 0. The van der Waals surface area contributed by atoms with Crippen molar-refractivity contribution in [3.63, 3.8) is 0 Å². The van der Waals surface area contributed by atoms with Crippen LogP contribution < -0.4 is 0 Å². The Hall–Kier alpha value is -1.57. The largest absolute Gasteiger partial charge is 0.392 e. The molecule has 1 spiro atoms. The maximum atomic E-state index is 12.2. The molecule has 3 rings (SSSR count). The number of ether oxygens (including phenoxy) is 2. The second kappa shape index (κ2) is 9.12. The predicted molar refractivity (Wildman–Crippen MR) is 118 cm³/mol. The average molecular weight is 433 g/mol. The summed E-state index contributed by atoms with van der Waals surface area (Å²) >= 11 is 0. The molecule has 1 unspecified atom stereocenters. The molecule has 2 aliphatic heterocycles. The third-order valence-corrected chi connectivity index (χ3v) is 6.43. The number of hydrogen-bond donors (Lipinski definition) is 3. The minimum absolute atomic E-state index is 0.0844. The van der Waals surface area contributed by atoms with E-state index >= 15 is 0 Å². The van der Waals surface area contributed by atoms with E-state index in [1.54, 1.807) is 20.8 Å². The molecule has 0 fully saturated rings. The zero-order valence-corrected chi connectivity index (χ0v) is 19.2. The van der Waals surface area contributed by atoms with E-state index in [9.17, 15) is 20.1 Å². The standard InChI is InChI=1S/C25H36O6/c1-15(6-7-23(28)24(4,5)29)8-19-9-16(2)12-25(30-19)13-18(14-26)20-11-21(27)17(3)10-22(20)31-25/h8,10,12-13,19-20,22-23,26,28-29H,6-7,9,11,14H2,1-5H3/b15-8+/t19-,20-,22-,23?,25+/m1/s1. The van der Waals surface area contributed by atoms with Crippen molar-refractivity contribution in [3.05, 3.63) is 46.6 Å². The molecular weight excluding hydrogens is 396 g/mol. The first kappa shape index (κ1) is 24.1. The van der Waals surface area contributed by atoms with Gasteiger partial charge < -0.3 is 24.8 Å². The van der Waals surface area contributed by atoms with Crippen molar-refractivity contribution in [2.45, 2.75) is 90.0 Å². The minimum atomic E-state index is -1.13. The third kappa shape index (κ3) is 5.62. The quantitative estimate of drug-likeness (QED) is 0.558. The molecule has 0 bridgehead atoms. The van der Waals surface area contributed by atoms with E-state index in [2.05, 4.69) is 0 Å². The maximum Gasteiger partial charge on any atom is 0.209 e. The molecule has 0 radical (unpaired) electrons. The van der Waals surface area contributed by atoms with Crippen LogP contribution in [-0.2, 0) is 14.3 Å². The predicted octanol–water partition coefficient (Wildman–Crippen LogP) is 3.13. The second-order valence-corrected chi connectivity index (χ2v) is 9.84. The summed E-state index contributed by atoms with van der Waals surface area (Å²) in [4.78, 5) is 12.2. The first-order chi connectivity index (χ1) is 14.4. The summed E-state index contributed by atoms with van der Waals surface area (Å²) in [6.07, 6.45) is 8.51. The lowest BCUT2D eigenvalue weighted by Crippen LogP contribution is -2.49. The summed E-state index contributed by atoms with van der Waals surface area (Å²) in [6.45, 7) is 8.89. The first-order valence-electron chi connectivity index (χ1n) is 11.1. The van der Waals surface area contributed by atoms with Gasteiger partial charge >= 0.3 is 0 Å². The van der Waals surface area contributed by atoms with Crippen LogP contribution in [0.2, 0.25) is 0 Å². The molecule has 6 heteroatoms. The number of fused-ring (bicyclic) bond motifs is 1. The van der Waals surface area contributed by atoms with Crippen molar-refractivity contribution in [1.82, 2.24) is 0 Å². The Morgan fingerprint density at radius 2 is 2.00 bits per heavy atom. The van der Waals surface area contributed by atoms with E-state index in [4.69, 9.17) is 9.47 Å². The normalized spacial score (nSPS) is 32.9. The molecule has 5 atom stereocenters. The Morgan fingerprint density at radius 3 is 2.65 bits per heavy atom. The molecule has 3 aliphatic rings. The van der Waals surface area contributed by atoms with Crippen molar-refractivity contribution in [3.8, 4) is 0 Å². The molecule has 172 valence electrons. The number of aliphatic hydroxyl groups is 3. The van der Waals surface area contributed by atoms with Gasteiger partial charge in [-0.15, -0.1) is 0 Å². The monoisotopic (exact) mass is 432 g/mol. The van der Waals surface area contributed by atoms with Crippen LogP contribution in [0.3, 0.4) is 0 Å². The Balaban J connectivity index is 1.79. The lowest BCUT2D eigenvalue weighted by atomic mass is 9.79. The van der Waals surface area contributed by atoms with Crippen LogP contribution in [0, 0.1) is 5.92 Å². The minimum Gasteiger partial charge on any atom is -0.392 e. The van der Waals surface area contributed by atoms with Gasteiger partial charge in [0.2, 0.25) is 5.79 Å². The molecule has 0 aromatic rings. The van der Waals surface area contributed by atoms with Crippen molar-refractivity contribution >= 4 is 5.78 Å². The van der Waals surface area contributed by atoms with E-state index in [1.807, 2.05) is 38.2 Å². The SMILES string of the molecule is CC1=C[C@]2(C=C(CO)[C@H]3CC(=O)C(C)=C[C@H]3O2)O[C@H](/C=C(\C)CCC(O)C(C)(C)O)C1. The fraction of sp³-hybridized carbons (Fsp3) is 0.640. The summed E-state index contributed by atoms with van der Waals surface area (Å²) in [6, 6.07) is 0. The van der Waals surface area contributed by atoms with Crippen molar-refractivity contribution < 1.29 is 29.6 Å². The van der Waals surface area contributed by atoms with Gasteiger partial charge in [-0.25, -0.2) is 0 Å². The zero-order chi connectivity index (χ0) is 23.0. The van der Waals surface area contributed by atoms with Gasteiger partial charge in [0.15, 0.2) is 5.78 Å². The molecule has 0 aromatic carbocycles. The molecule has 0 aromatic heterocycles. The fourth-order valence-electron chi connectivity index (χ4n) is 4.55. The first-order valence-corrected chi connectivity index (χ1v) is 11.1. The summed E-state index contributed by atoms with van der Waals surface area (Å²) in [5.74, 6) is -1.15. The number of carbonyl (C=O) groups excluding carboxylic acids is 1. The van der Waals surface area contributed by atoms with Gasteiger partial charge in [0, 0.05) is 12.3 Å². The third-order valence-electron chi connectivity index (χ3n) is 6.43. The topological polar surface area (TPSA) is 96.2 Å². The fourth-order valence-corrected chi connectivity index (χ4v) is 4.55. The Labute approximate surface area is 184 Å². The smallest absolute Gasteiger partial charge is 0.209 e. The van der Waals surface area contributed by atoms with Crippen molar-refractivity contribution in [2.24, 2.45) is 5.92 Å². The summed E-state index contributed by atoms with van der Waals surface area (Å²) in [5.41, 5.74) is 2.51. The highest BCUT2D eigenvalue weighted by Crippen LogP contribution is 2.42. The summed E-state index contributed by atoms with van der Waals surface area (Å²) < 4.78 is 12.8. The molecule has 6 nitrogen and oxygen atoms in total. The molecule has 31 heavy (non-hydrogen) atoms.